The van der Waals surface area contributed by atoms with Crippen LogP contribution in [0.1, 0.15) is 21.5 Å². The van der Waals surface area contributed by atoms with Crippen molar-refractivity contribution >= 4 is 39.6 Å². The van der Waals surface area contributed by atoms with Gasteiger partial charge in [-0.1, -0.05) is 40.2 Å². The highest BCUT2D eigenvalue weighted by Crippen LogP contribution is 2.35. The first-order valence-electron chi connectivity index (χ1n) is 9.82. The van der Waals surface area contributed by atoms with Gasteiger partial charge in [-0.15, -0.1) is 0 Å². The van der Waals surface area contributed by atoms with Gasteiger partial charge >= 0.3 is 5.97 Å². The topological polar surface area (TPSA) is 109 Å². The number of carbonyl (C=O) groups excluding carboxylic acids is 1. The summed E-state index contributed by atoms with van der Waals surface area (Å²) in [5.41, 5.74) is 1.12. The third-order valence-electron chi connectivity index (χ3n) is 4.67. The number of nitrogens with zero attached hydrogens (tertiary/aromatic N) is 1. The van der Waals surface area contributed by atoms with Crippen molar-refractivity contribution in [3.8, 4) is 17.6 Å². The summed E-state index contributed by atoms with van der Waals surface area (Å²) in [6.07, 6.45) is 1.34. The van der Waals surface area contributed by atoms with Crippen LogP contribution in [0.15, 0.2) is 70.7 Å². The summed E-state index contributed by atoms with van der Waals surface area (Å²) >= 11 is 3.40. The minimum atomic E-state index is -1.01. The van der Waals surface area contributed by atoms with E-state index in [4.69, 9.17) is 14.6 Å². The molecule has 0 atom stereocenters. The zero-order valence-corrected chi connectivity index (χ0v) is 19.4. The van der Waals surface area contributed by atoms with E-state index >= 15 is 0 Å². The Hall–Kier alpha value is -4.16. The van der Waals surface area contributed by atoms with Gasteiger partial charge in [0.15, 0.2) is 11.5 Å². The van der Waals surface area contributed by atoms with Crippen molar-refractivity contribution < 1.29 is 28.6 Å². The molecule has 0 fully saturated rings. The quantitative estimate of drug-likeness (QED) is 0.300. The van der Waals surface area contributed by atoms with Crippen LogP contribution >= 0.6 is 15.9 Å². The second kappa shape index (κ2) is 11.1. The van der Waals surface area contributed by atoms with Crippen LogP contribution in [0.2, 0.25) is 0 Å². The SMILES string of the molecule is COc1cc(/C=C(/C#N)C(=O)Nc2ccccc2F)c(Br)cc1OCc1ccc(C(=O)O)cc1. The number of amides is 1. The van der Waals surface area contributed by atoms with Gasteiger partial charge in [-0.3, -0.25) is 4.79 Å². The molecule has 3 aromatic rings. The number of anilines is 1. The Bertz CT molecular complexity index is 1300. The van der Waals surface area contributed by atoms with Crippen molar-refractivity contribution in [2.45, 2.75) is 6.61 Å². The maximum atomic E-state index is 13.8. The predicted molar refractivity (Wildman–Crippen MR) is 127 cm³/mol. The molecule has 0 aliphatic heterocycles. The minimum absolute atomic E-state index is 0.0366. The second-order valence-electron chi connectivity index (χ2n) is 6.92. The number of hydrogen-bond acceptors (Lipinski definition) is 5. The summed E-state index contributed by atoms with van der Waals surface area (Å²) in [4.78, 5) is 23.5. The summed E-state index contributed by atoms with van der Waals surface area (Å²) in [5.74, 6) is -1.65. The zero-order valence-electron chi connectivity index (χ0n) is 17.8. The average molecular weight is 525 g/mol. The van der Waals surface area contributed by atoms with E-state index in [9.17, 15) is 19.2 Å². The van der Waals surface area contributed by atoms with Gasteiger partial charge in [-0.25, -0.2) is 9.18 Å². The molecule has 0 unspecified atom stereocenters. The Morgan fingerprint density at radius 1 is 1.15 bits per heavy atom. The number of ether oxygens (including phenoxy) is 2. The normalized spacial score (nSPS) is 10.8. The first-order valence-corrected chi connectivity index (χ1v) is 10.6. The Morgan fingerprint density at radius 3 is 2.47 bits per heavy atom. The van der Waals surface area contributed by atoms with E-state index in [1.807, 2.05) is 6.07 Å². The Kier molecular flexibility index (Phi) is 8.01. The van der Waals surface area contributed by atoms with Gasteiger partial charge in [-0.05, 0) is 53.6 Å². The predicted octanol–water partition coefficient (Wildman–Crippen LogP) is 5.42. The van der Waals surface area contributed by atoms with E-state index < -0.39 is 17.7 Å². The second-order valence-corrected chi connectivity index (χ2v) is 7.77. The van der Waals surface area contributed by atoms with Gasteiger partial charge in [0.25, 0.3) is 5.91 Å². The van der Waals surface area contributed by atoms with Crippen molar-refractivity contribution in [1.29, 1.82) is 5.26 Å². The van der Waals surface area contributed by atoms with Gasteiger partial charge in [0, 0.05) is 4.47 Å². The summed E-state index contributed by atoms with van der Waals surface area (Å²) in [6, 6.07) is 16.9. The molecule has 0 aliphatic carbocycles. The first-order chi connectivity index (χ1) is 16.3. The van der Waals surface area contributed by atoms with Gasteiger partial charge in [0.2, 0.25) is 0 Å². The molecule has 172 valence electrons. The molecule has 3 aromatic carbocycles. The monoisotopic (exact) mass is 524 g/mol. The lowest BCUT2D eigenvalue weighted by Crippen LogP contribution is -2.14. The van der Waals surface area contributed by atoms with Gasteiger partial charge in [0.1, 0.15) is 24.1 Å². The zero-order chi connectivity index (χ0) is 24.7. The van der Waals surface area contributed by atoms with E-state index in [0.717, 1.165) is 5.56 Å². The maximum Gasteiger partial charge on any atom is 0.335 e. The molecule has 0 heterocycles. The fourth-order valence-corrected chi connectivity index (χ4v) is 3.33. The number of benzene rings is 3. The summed E-state index contributed by atoms with van der Waals surface area (Å²) in [5, 5.41) is 20.8. The molecule has 3 rings (SSSR count). The molecule has 0 radical (unpaired) electrons. The van der Waals surface area contributed by atoms with Crippen molar-refractivity contribution in [2.24, 2.45) is 0 Å². The number of aromatic carboxylic acids is 1. The van der Waals surface area contributed by atoms with Crippen LogP contribution in [0, 0.1) is 17.1 Å². The highest BCUT2D eigenvalue weighted by Gasteiger charge is 2.15. The van der Waals surface area contributed by atoms with E-state index in [0.29, 0.717) is 21.5 Å². The molecular formula is C25H18BrFN2O5. The fraction of sp³-hybridized carbons (Fsp3) is 0.0800. The van der Waals surface area contributed by atoms with Crippen LogP contribution in [0.3, 0.4) is 0 Å². The number of nitrogens with one attached hydrogen (secondary N) is 1. The largest absolute Gasteiger partial charge is 0.493 e. The Labute approximate surface area is 203 Å². The molecule has 0 aromatic heterocycles. The van der Waals surface area contributed by atoms with Crippen LogP contribution in [-0.4, -0.2) is 24.1 Å². The molecule has 0 bridgehead atoms. The van der Waals surface area contributed by atoms with Crippen LogP contribution in [0.25, 0.3) is 6.08 Å². The number of carbonyl (C=O) groups is 2. The summed E-state index contributed by atoms with van der Waals surface area (Å²) in [7, 11) is 1.45. The van der Waals surface area contributed by atoms with Crippen LogP contribution < -0.4 is 14.8 Å². The van der Waals surface area contributed by atoms with Crippen molar-refractivity contribution in [3.05, 3.63) is 93.2 Å². The van der Waals surface area contributed by atoms with E-state index in [1.165, 1.54) is 43.5 Å². The molecule has 0 saturated heterocycles. The lowest BCUT2D eigenvalue weighted by atomic mass is 10.1. The van der Waals surface area contributed by atoms with E-state index in [1.54, 1.807) is 30.3 Å². The third-order valence-corrected chi connectivity index (χ3v) is 5.35. The number of methoxy groups -OCH3 is 1. The Morgan fingerprint density at radius 2 is 1.85 bits per heavy atom. The highest BCUT2D eigenvalue weighted by atomic mass is 79.9. The van der Waals surface area contributed by atoms with Crippen LogP contribution in [0.5, 0.6) is 11.5 Å². The van der Waals surface area contributed by atoms with Gasteiger partial charge < -0.3 is 19.9 Å². The first kappa shape index (κ1) is 24.5. The summed E-state index contributed by atoms with van der Waals surface area (Å²) in [6.45, 7) is 0.159. The molecule has 34 heavy (non-hydrogen) atoms. The number of nitriles is 1. The van der Waals surface area contributed by atoms with Crippen LogP contribution in [0.4, 0.5) is 10.1 Å². The standard InChI is InChI=1S/C25H18BrFN2O5/c1-33-22-11-17(10-18(13-28)24(30)29-21-5-3-2-4-20(21)27)19(26)12-23(22)34-14-15-6-8-16(9-7-15)25(31)32/h2-12H,14H2,1H3,(H,29,30)(H,31,32)/b18-10-. The van der Waals surface area contributed by atoms with Crippen molar-refractivity contribution in [2.75, 3.05) is 12.4 Å². The molecule has 0 spiro atoms. The van der Waals surface area contributed by atoms with Crippen LogP contribution in [-0.2, 0) is 11.4 Å². The number of para-hydroxylation sites is 1. The molecule has 0 saturated carbocycles. The Balaban J connectivity index is 1.80. The number of carboxylic acids is 1. The molecule has 9 heteroatoms. The van der Waals surface area contributed by atoms with E-state index in [2.05, 4.69) is 21.2 Å². The lowest BCUT2D eigenvalue weighted by Gasteiger charge is -2.13. The maximum absolute atomic E-state index is 13.8. The average Bonchev–Trinajstić information content (AvgIpc) is 2.83. The van der Waals surface area contributed by atoms with E-state index in [-0.39, 0.29) is 23.4 Å². The number of carboxylic acid groups (broad SMARTS) is 1. The number of halogens is 2. The summed E-state index contributed by atoms with van der Waals surface area (Å²) < 4.78 is 25.5. The van der Waals surface area contributed by atoms with Crippen molar-refractivity contribution in [3.63, 3.8) is 0 Å². The molecule has 0 aliphatic rings. The van der Waals surface area contributed by atoms with Crippen molar-refractivity contribution in [1.82, 2.24) is 0 Å². The fourth-order valence-electron chi connectivity index (χ4n) is 2.89. The molecule has 1 amide bonds. The lowest BCUT2D eigenvalue weighted by molar-refractivity contribution is -0.112. The van der Waals surface area contributed by atoms with Gasteiger partial charge in [-0.2, -0.15) is 5.26 Å². The van der Waals surface area contributed by atoms with Gasteiger partial charge in [0.05, 0.1) is 18.4 Å². The number of hydrogen-bond donors (Lipinski definition) is 2. The highest BCUT2D eigenvalue weighted by molar-refractivity contribution is 9.10. The minimum Gasteiger partial charge on any atom is -0.493 e. The third kappa shape index (κ3) is 5.99. The molecule has 7 nitrogen and oxygen atoms in total. The molecular weight excluding hydrogens is 507 g/mol. The molecule has 2 N–H and O–H groups in total. The number of rotatable bonds is 8. The smallest absolute Gasteiger partial charge is 0.335 e.